The number of thioether (sulfide) groups is 1. The Kier molecular flexibility index (Phi) is 3.75. The summed E-state index contributed by atoms with van der Waals surface area (Å²) < 4.78 is 17.1. The summed E-state index contributed by atoms with van der Waals surface area (Å²) in [5.74, 6) is -0.242. The fourth-order valence-electron chi connectivity index (χ4n) is 2.93. The van der Waals surface area contributed by atoms with E-state index in [1.165, 1.54) is 12.8 Å². The van der Waals surface area contributed by atoms with E-state index in [2.05, 4.69) is 31.7 Å². The molecular weight excluding hydrogens is 347 g/mol. The van der Waals surface area contributed by atoms with Gasteiger partial charge in [-0.3, -0.25) is 0 Å². The van der Waals surface area contributed by atoms with Crippen molar-refractivity contribution in [3.8, 4) is 0 Å². The third-order valence-electron chi connectivity index (χ3n) is 3.81. The average Bonchev–Trinajstić information content (AvgIpc) is 2.93. The highest BCUT2D eigenvalue weighted by molar-refractivity contribution is 9.10. The van der Waals surface area contributed by atoms with Crippen LogP contribution in [0.4, 0.5) is 4.39 Å². The molecule has 102 valence electrons. The highest BCUT2D eigenvalue weighted by atomic mass is 79.9. The van der Waals surface area contributed by atoms with E-state index in [0.717, 1.165) is 17.5 Å². The maximum absolute atomic E-state index is 13.8. The van der Waals surface area contributed by atoms with Crippen LogP contribution in [-0.2, 0) is 0 Å². The van der Waals surface area contributed by atoms with Crippen LogP contribution in [0.3, 0.4) is 0 Å². The summed E-state index contributed by atoms with van der Waals surface area (Å²) in [5.41, 5.74) is 1.77. The summed E-state index contributed by atoms with van der Waals surface area (Å²) in [7, 11) is 0. The molecule has 2 atom stereocenters. The molecule has 2 unspecified atom stereocenters. The third-order valence-corrected chi connectivity index (χ3v) is 5.87. The Balaban J connectivity index is 2.20. The van der Waals surface area contributed by atoms with Gasteiger partial charge in [0, 0.05) is 17.4 Å². The lowest BCUT2D eigenvalue weighted by Gasteiger charge is -2.20. The first-order chi connectivity index (χ1) is 9.11. The van der Waals surface area contributed by atoms with Crippen molar-refractivity contribution < 1.29 is 4.39 Å². The monoisotopic (exact) mass is 360 g/mol. The van der Waals surface area contributed by atoms with E-state index in [1.54, 1.807) is 12.1 Å². The number of aromatic nitrogens is 2. The topological polar surface area (TPSA) is 20.7 Å². The normalized spacial score (nSPS) is 23.3. The summed E-state index contributed by atoms with van der Waals surface area (Å²) in [4.78, 5) is 3.19. The van der Waals surface area contributed by atoms with Crippen LogP contribution in [0.25, 0.3) is 11.0 Å². The number of nitrogens with zero attached hydrogens (tertiary/aromatic N) is 1. The maximum Gasteiger partial charge on any atom is 0.178 e. The zero-order valence-corrected chi connectivity index (χ0v) is 13.7. The molecule has 1 aliphatic carbocycles. The number of H-pyrrole nitrogens is 1. The van der Waals surface area contributed by atoms with Gasteiger partial charge >= 0.3 is 0 Å². The van der Waals surface area contributed by atoms with Crippen molar-refractivity contribution in [1.82, 2.24) is 9.55 Å². The number of benzene rings is 1. The van der Waals surface area contributed by atoms with Gasteiger partial charge in [-0.15, -0.1) is 0 Å². The van der Waals surface area contributed by atoms with E-state index >= 15 is 0 Å². The Bertz CT molecular complexity index is 679. The van der Waals surface area contributed by atoms with E-state index in [-0.39, 0.29) is 5.82 Å². The average molecular weight is 361 g/mol. The molecule has 19 heavy (non-hydrogen) atoms. The number of fused-ring (bicyclic) bond motifs is 1. The minimum absolute atomic E-state index is 0.242. The third kappa shape index (κ3) is 2.28. The summed E-state index contributed by atoms with van der Waals surface area (Å²) in [5, 5.41) is 0.567. The van der Waals surface area contributed by atoms with Gasteiger partial charge in [-0.1, -0.05) is 6.42 Å². The minimum atomic E-state index is -0.242. The summed E-state index contributed by atoms with van der Waals surface area (Å²) in [6, 6.07) is 3.71. The van der Waals surface area contributed by atoms with Gasteiger partial charge in [0.25, 0.3) is 0 Å². The molecule has 1 fully saturated rings. The Hall–Kier alpha value is -0.330. The van der Waals surface area contributed by atoms with E-state index in [0.29, 0.717) is 20.5 Å². The SMILES string of the molecule is CSC1CCCC1n1c(=S)[nH]c2cc(Br)c(F)cc21. The Labute approximate surface area is 128 Å². The highest BCUT2D eigenvalue weighted by Gasteiger charge is 2.29. The van der Waals surface area contributed by atoms with Gasteiger partial charge in [0.2, 0.25) is 0 Å². The molecular formula is C13H14BrFN2S2. The molecule has 0 radical (unpaired) electrons. The number of nitrogens with one attached hydrogen (secondary N) is 1. The zero-order valence-electron chi connectivity index (χ0n) is 10.5. The molecule has 0 amide bonds. The predicted molar refractivity (Wildman–Crippen MR) is 85.0 cm³/mol. The lowest BCUT2D eigenvalue weighted by Crippen LogP contribution is -2.15. The van der Waals surface area contributed by atoms with E-state index in [1.807, 2.05) is 11.8 Å². The number of imidazole rings is 1. The first-order valence-electron chi connectivity index (χ1n) is 6.24. The second-order valence-corrected chi connectivity index (χ2v) is 7.17. The molecule has 0 saturated heterocycles. The number of hydrogen-bond acceptors (Lipinski definition) is 2. The van der Waals surface area contributed by atoms with Crippen LogP contribution in [0.2, 0.25) is 0 Å². The molecule has 0 spiro atoms. The van der Waals surface area contributed by atoms with Crippen molar-refractivity contribution in [2.24, 2.45) is 0 Å². The highest BCUT2D eigenvalue weighted by Crippen LogP contribution is 2.39. The lowest BCUT2D eigenvalue weighted by molar-refractivity contribution is 0.535. The first-order valence-corrected chi connectivity index (χ1v) is 8.73. The van der Waals surface area contributed by atoms with Crippen LogP contribution < -0.4 is 0 Å². The number of rotatable bonds is 2. The lowest BCUT2D eigenvalue weighted by atomic mass is 10.2. The van der Waals surface area contributed by atoms with Crippen LogP contribution in [-0.4, -0.2) is 21.1 Å². The van der Waals surface area contributed by atoms with Crippen molar-refractivity contribution in [3.63, 3.8) is 0 Å². The summed E-state index contributed by atoms with van der Waals surface area (Å²) in [6.07, 6.45) is 5.67. The fourth-order valence-corrected chi connectivity index (χ4v) is 4.59. The predicted octanol–water partition coefficient (Wildman–Crippen LogP) is 5.06. The summed E-state index contributed by atoms with van der Waals surface area (Å²) in [6.45, 7) is 0. The second-order valence-electron chi connectivity index (χ2n) is 4.86. The smallest absolute Gasteiger partial charge is 0.178 e. The molecule has 0 bridgehead atoms. The van der Waals surface area contributed by atoms with Crippen LogP contribution >= 0.6 is 39.9 Å². The quantitative estimate of drug-likeness (QED) is 0.755. The minimum Gasteiger partial charge on any atom is -0.331 e. The van der Waals surface area contributed by atoms with Crippen LogP contribution in [0.5, 0.6) is 0 Å². The molecule has 1 heterocycles. The Morgan fingerprint density at radius 2 is 2.26 bits per heavy atom. The van der Waals surface area contributed by atoms with Gasteiger partial charge in [-0.05, 0) is 53.3 Å². The molecule has 1 aromatic heterocycles. The standard InChI is InChI=1S/C13H14BrFN2S2/c1-19-12-4-2-3-10(12)17-11-6-8(15)7(14)5-9(11)16-13(17)18/h5-6,10,12H,2-4H2,1H3,(H,16,18). The molecule has 6 heteroatoms. The molecule has 0 aliphatic heterocycles. The van der Waals surface area contributed by atoms with Gasteiger partial charge < -0.3 is 9.55 Å². The van der Waals surface area contributed by atoms with Crippen molar-refractivity contribution in [2.75, 3.05) is 6.26 Å². The molecule has 2 aromatic rings. The maximum atomic E-state index is 13.8. The van der Waals surface area contributed by atoms with Gasteiger partial charge in [-0.25, -0.2) is 4.39 Å². The van der Waals surface area contributed by atoms with Crippen LogP contribution in [0.15, 0.2) is 16.6 Å². The Morgan fingerprint density at radius 1 is 1.47 bits per heavy atom. The zero-order chi connectivity index (χ0) is 13.6. The van der Waals surface area contributed by atoms with Gasteiger partial charge in [-0.2, -0.15) is 11.8 Å². The second kappa shape index (κ2) is 5.22. The molecule has 1 aliphatic rings. The van der Waals surface area contributed by atoms with Crippen LogP contribution in [0.1, 0.15) is 25.3 Å². The van der Waals surface area contributed by atoms with E-state index in [4.69, 9.17) is 12.2 Å². The van der Waals surface area contributed by atoms with Crippen molar-refractivity contribution in [3.05, 3.63) is 27.2 Å². The van der Waals surface area contributed by atoms with Gasteiger partial charge in [0.1, 0.15) is 5.82 Å². The Morgan fingerprint density at radius 3 is 3.00 bits per heavy atom. The molecule has 1 saturated carbocycles. The van der Waals surface area contributed by atoms with Crippen molar-refractivity contribution in [2.45, 2.75) is 30.6 Å². The summed E-state index contributed by atoms with van der Waals surface area (Å²) >= 11 is 10.5. The fraction of sp³-hybridized carbons (Fsp3) is 0.462. The molecule has 2 nitrogen and oxygen atoms in total. The largest absolute Gasteiger partial charge is 0.331 e. The van der Waals surface area contributed by atoms with Crippen LogP contribution in [0, 0.1) is 10.6 Å². The molecule has 1 aromatic carbocycles. The van der Waals surface area contributed by atoms with Crippen molar-refractivity contribution >= 4 is 50.9 Å². The van der Waals surface area contributed by atoms with Crippen molar-refractivity contribution in [1.29, 1.82) is 0 Å². The van der Waals surface area contributed by atoms with Gasteiger partial charge in [0.15, 0.2) is 4.77 Å². The number of halogens is 2. The first kappa shape index (κ1) is 13.6. The number of aromatic amines is 1. The van der Waals surface area contributed by atoms with E-state index < -0.39 is 0 Å². The molecule has 3 rings (SSSR count). The van der Waals surface area contributed by atoms with Gasteiger partial charge in [0.05, 0.1) is 15.5 Å². The number of hydrogen-bond donors (Lipinski definition) is 1. The van der Waals surface area contributed by atoms with E-state index in [9.17, 15) is 4.39 Å². The molecule has 1 N–H and O–H groups in total.